The lowest BCUT2D eigenvalue weighted by atomic mass is 10.1. The molecule has 0 fully saturated rings. The Morgan fingerprint density at radius 2 is 0.609 bits per heavy atom. The number of esters is 3. The molecule has 370 valence electrons. The van der Waals surface area contributed by atoms with E-state index in [1.807, 2.05) is 0 Å². The lowest BCUT2D eigenvalue weighted by Crippen LogP contribution is -2.30. The summed E-state index contributed by atoms with van der Waals surface area (Å²) in [5, 5.41) is 0. The topological polar surface area (TPSA) is 78.9 Å². The first-order valence-electron chi connectivity index (χ1n) is 27.3. The average molecular weight is 895 g/mol. The van der Waals surface area contributed by atoms with E-state index in [-0.39, 0.29) is 31.1 Å². The van der Waals surface area contributed by atoms with E-state index < -0.39 is 6.10 Å². The lowest BCUT2D eigenvalue weighted by Gasteiger charge is -2.18. The van der Waals surface area contributed by atoms with Crippen LogP contribution in [0.2, 0.25) is 0 Å². The molecular weight excluding hydrogens is 793 g/mol. The van der Waals surface area contributed by atoms with Gasteiger partial charge >= 0.3 is 17.9 Å². The summed E-state index contributed by atoms with van der Waals surface area (Å²) in [6.45, 7) is 6.50. The molecule has 6 heteroatoms. The number of rotatable bonds is 49. The molecule has 0 aliphatic heterocycles. The van der Waals surface area contributed by atoms with Crippen molar-refractivity contribution in [3.63, 3.8) is 0 Å². The standard InChI is InChI=1S/C58H102O6/c1-4-7-10-13-16-19-22-24-26-28-29-31-32-34-36-39-42-45-48-51-57(60)63-54-55(53-62-56(59)50-47-44-41-38-21-18-15-12-9-6-3)64-58(61)52-49-46-43-40-37-35-33-30-27-25-23-20-17-14-11-8-5-2/h7,10,16-17,19-20,24-27,55H,4-6,8-9,11-15,18,21-23,28-54H2,1-3H3/b10-7-,19-16-,20-17-,26-24-,27-25-. The number of hydrogen-bond acceptors (Lipinski definition) is 6. The van der Waals surface area contributed by atoms with Crippen LogP contribution in [0.1, 0.15) is 271 Å². The van der Waals surface area contributed by atoms with E-state index in [0.717, 1.165) is 89.9 Å². The Hall–Kier alpha value is -2.89. The van der Waals surface area contributed by atoms with E-state index in [1.54, 1.807) is 0 Å². The fraction of sp³-hybridized carbons (Fsp3) is 0.776. The summed E-state index contributed by atoms with van der Waals surface area (Å²) in [7, 11) is 0. The van der Waals surface area contributed by atoms with E-state index in [1.165, 1.54) is 141 Å². The van der Waals surface area contributed by atoms with Crippen molar-refractivity contribution in [2.45, 2.75) is 277 Å². The largest absolute Gasteiger partial charge is 0.462 e. The Labute approximate surface area is 396 Å². The zero-order chi connectivity index (χ0) is 46.5. The van der Waals surface area contributed by atoms with Crippen molar-refractivity contribution in [1.82, 2.24) is 0 Å². The molecule has 0 aromatic carbocycles. The van der Waals surface area contributed by atoms with Gasteiger partial charge in [0.1, 0.15) is 13.2 Å². The van der Waals surface area contributed by atoms with Crippen molar-refractivity contribution in [1.29, 1.82) is 0 Å². The number of carbonyl (C=O) groups is 3. The van der Waals surface area contributed by atoms with Crippen LogP contribution in [-0.2, 0) is 28.6 Å². The summed E-state index contributed by atoms with van der Waals surface area (Å²) in [5.41, 5.74) is 0. The highest BCUT2D eigenvalue weighted by atomic mass is 16.6. The molecule has 0 heterocycles. The van der Waals surface area contributed by atoms with E-state index >= 15 is 0 Å². The normalized spacial score (nSPS) is 12.5. The lowest BCUT2D eigenvalue weighted by molar-refractivity contribution is -0.167. The molecule has 64 heavy (non-hydrogen) atoms. The summed E-state index contributed by atoms with van der Waals surface area (Å²) < 4.78 is 16.8. The minimum atomic E-state index is -0.778. The summed E-state index contributed by atoms with van der Waals surface area (Å²) >= 11 is 0. The van der Waals surface area contributed by atoms with Crippen LogP contribution in [-0.4, -0.2) is 37.2 Å². The Balaban J connectivity index is 4.33. The maximum atomic E-state index is 12.8. The van der Waals surface area contributed by atoms with Crippen molar-refractivity contribution in [3.05, 3.63) is 60.8 Å². The molecule has 0 amide bonds. The van der Waals surface area contributed by atoms with Crippen LogP contribution < -0.4 is 0 Å². The van der Waals surface area contributed by atoms with Crippen LogP contribution in [0.4, 0.5) is 0 Å². The Kier molecular flexibility index (Phi) is 50.4. The van der Waals surface area contributed by atoms with Gasteiger partial charge in [-0.05, 0) is 83.5 Å². The third kappa shape index (κ3) is 50.1. The fourth-order valence-electron chi connectivity index (χ4n) is 7.66. The third-order valence-corrected chi connectivity index (χ3v) is 11.8. The predicted octanol–water partition coefficient (Wildman–Crippen LogP) is 18.0. The summed E-state index contributed by atoms with van der Waals surface area (Å²) in [6, 6.07) is 0. The van der Waals surface area contributed by atoms with Gasteiger partial charge in [0.2, 0.25) is 0 Å². The van der Waals surface area contributed by atoms with Gasteiger partial charge in [0.15, 0.2) is 6.10 Å². The first-order valence-corrected chi connectivity index (χ1v) is 27.3. The number of ether oxygens (including phenoxy) is 3. The molecule has 0 saturated heterocycles. The Bertz CT molecular complexity index is 1170. The zero-order valence-electron chi connectivity index (χ0n) is 42.3. The molecule has 0 aliphatic carbocycles. The molecule has 0 aromatic rings. The highest BCUT2D eigenvalue weighted by Crippen LogP contribution is 2.15. The Morgan fingerprint density at radius 3 is 0.984 bits per heavy atom. The van der Waals surface area contributed by atoms with Gasteiger partial charge in [0.05, 0.1) is 0 Å². The highest BCUT2D eigenvalue weighted by molar-refractivity contribution is 5.71. The van der Waals surface area contributed by atoms with Crippen molar-refractivity contribution >= 4 is 17.9 Å². The second-order valence-electron chi connectivity index (χ2n) is 18.1. The predicted molar refractivity (Wildman–Crippen MR) is 275 cm³/mol. The molecule has 0 rings (SSSR count). The molecule has 0 aromatic heterocycles. The SMILES string of the molecule is CC/C=C\C/C=C\C/C=C\CCCCCCCCCCCC(=O)OCC(COC(=O)CCCCCCCCCCCC)OC(=O)CCCCCCCCC/C=C\C/C=C\CCCCC. The molecular formula is C58H102O6. The maximum Gasteiger partial charge on any atom is 0.306 e. The van der Waals surface area contributed by atoms with Gasteiger partial charge < -0.3 is 14.2 Å². The Morgan fingerprint density at radius 1 is 0.328 bits per heavy atom. The molecule has 0 spiro atoms. The van der Waals surface area contributed by atoms with Crippen molar-refractivity contribution in [3.8, 4) is 0 Å². The maximum absolute atomic E-state index is 12.8. The van der Waals surface area contributed by atoms with Crippen molar-refractivity contribution in [2.75, 3.05) is 13.2 Å². The molecule has 6 nitrogen and oxygen atoms in total. The minimum Gasteiger partial charge on any atom is -0.462 e. The van der Waals surface area contributed by atoms with Crippen molar-refractivity contribution < 1.29 is 28.6 Å². The smallest absolute Gasteiger partial charge is 0.306 e. The molecule has 1 atom stereocenters. The number of carbonyl (C=O) groups excluding carboxylic acids is 3. The molecule has 0 N–H and O–H groups in total. The average Bonchev–Trinajstić information content (AvgIpc) is 3.29. The first kappa shape index (κ1) is 61.1. The van der Waals surface area contributed by atoms with Crippen LogP contribution in [0.25, 0.3) is 0 Å². The van der Waals surface area contributed by atoms with Crippen LogP contribution in [0.3, 0.4) is 0 Å². The van der Waals surface area contributed by atoms with Gasteiger partial charge in [-0.3, -0.25) is 14.4 Å². The first-order chi connectivity index (χ1) is 31.5. The van der Waals surface area contributed by atoms with Crippen LogP contribution in [0.5, 0.6) is 0 Å². The molecule has 1 unspecified atom stereocenters. The second kappa shape index (κ2) is 52.7. The van der Waals surface area contributed by atoms with Gasteiger partial charge in [-0.1, -0.05) is 229 Å². The van der Waals surface area contributed by atoms with E-state index in [4.69, 9.17) is 14.2 Å². The van der Waals surface area contributed by atoms with Crippen molar-refractivity contribution in [2.24, 2.45) is 0 Å². The van der Waals surface area contributed by atoms with Gasteiger partial charge in [-0.25, -0.2) is 0 Å². The second-order valence-corrected chi connectivity index (χ2v) is 18.1. The monoisotopic (exact) mass is 895 g/mol. The molecule has 0 bridgehead atoms. The van der Waals surface area contributed by atoms with Gasteiger partial charge in [0, 0.05) is 19.3 Å². The van der Waals surface area contributed by atoms with Crippen LogP contribution in [0.15, 0.2) is 60.8 Å². The number of unbranched alkanes of at least 4 members (excludes halogenated alkanes) is 28. The van der Waals surface area contributed by atoms with Crippen LogP contribution in [0, 0.1) is 0 Å². The molecule has 0 radical (unpaired) electrons. The number of hydrogen-bond donors (Lipinski definition) is 0. The van der Waals surface area contributed by atoms with E-state index in [9.17, 15) is 14.4 Å². The third-order valence-electron chi connectivity index (χ3n) is 11.8. The van der Waals surface area contributed by atoms with Crippen LogP contribution >= 0.6 is 0 Å². The van der Waals surface area contributed by atoms with Gasteiger partial charge in [-0.15, -0.1) is 0 Å². The zero-order valence-corrected chi connectivity index (χ0v) is 42.3. The molecule has 0 aliphatic rings. The summed E-state index contributed by atoms with van der Waals surface area (Å²) in [6.07, 6.45) is 64.9. The van der Waals surface area contributed by atoms with E-state index in [2.05, 4.69) is 81.5 Å². The summed E-state index contributed by atoms with van der Waals surface area (Å²) in [4.78, 5) is 38.0. The number of allylic oxidation sites excluding steroid dienone is 10. The highest BCUT2D eigenvalue weighted by Gasteiger charge is 2.19. The molecule has 0 saturated carbocycles. The van der Waals surface area contributed by atoms with Gasteiger partial charge in [-0.2, -0.15) is 0 Å². The van der Waals surface area contributed by atoms with E-state index in [0.29, 0.717) is 19.3 Å². The fourth-order valence-corrected chi connectivity index (χ4v) is 7.66. The quantitative estimate of drug-likeness (QED) is 0.0262. The minimum absolute atomic E-state index is 0.0771. The van der Waals surface area contributed by atoms with Gasteiger partial charge in [0.25, 0.3) is 0 Å². The summed E-state index contributed by atoms with van der Waals surface area (Å²) in [5.74, 6) is -0.884.